The number of likely N-dealkylation sites (N-methyl/N-ethyl adjacent to an activating group) is 1. The largest absolute Gasteiger partial charge is 0.480 e. The zero-order valence-corrected chi connectivity index (χ0v) is 11.3. The number of methoxy groups -OCH3 is 1. The number of rotatable bonds is 6. The summed E-state index contributed by atoms with van der Waals surface area (Å²) in [6.45, 7) is 0.858. The van der Waals surface area contributed by atoms with Crippen LogP contribution < -0.4 is 20.3 Å². The van der Waals surface area contributed by atoms with Crippen molar-refractivity contribution in [2.24, 2.45) is 0 Å². The Labute approximate surface area is 105 Å². The van der Waals surface area contributed by atoms with Crippen LogP contribution in [-0.2, 0) is 11.3 Å². The quantitative estimate of drug-likeness (QED) is 0.755. The highest BCUT2D eigenvalue weighted by Gasteiger charge is 2.12. The Morgan fingerprint density at radius 3 is 2.76 bits per heavy atom. The number of anilines is 1. The summed E-state index contributed by atoms with van der Waals surface area (Å²) in [5, 5.41) is 6.48. The number of hydrogen-bond donors (Lipinski definition) is 2. The smallest absolute Gasteiger partial charge is 0.233 e. The summed E-state index contributed by atoms with van der Waals surface area (Å²) in [5.41, 5.74) is 0. The number of hydrogen-bond acceptors (Lipinski definition) is 6. The van der Waals surface area contributed by atoms with Crippen LogP contribution in [0.3, 0.4) is 0 Å². The summed E-state index contributed by atoms with van der Waals surface area (Å²) in [7, 11) is 7.07. The first-order valence-electron chi connectivity index (χ1n) is 5.20. The first-order chi connectivity index (χ1) is 8.08. The molecule has 1 amide bonds. The SMILES string of the molecule is CNC(=O)CNCc1sc(N(C)C)nc1OC. The second-order valence-corrected chi connectivity index (χ2v) is 4.66. The van der Waals surface area contributed by atoms with E-state index in [1.165, 1.54) is 0 Å². The average molecular weight is 258 g/mol. The molecular weight excluding hydrogens is 240 g/mol. The van der Waals surface area contributed by atoms with E-state index in [-0.39, 0.29) is 12.5 Å². The molecule has 0 saturated heterocycles. The zero-order valence-electron chi connectivity index (χ0n) is 10.5. The van der Waals surface area contributed by atoms with Crippen molar-refractivity contribution in [3.8, 4) is 5.88 Å². The summed E-state index contributed by atoms with van der Waals surface area (Å²) in [6, 6.07) is 0. The maximum atomic E-state index is 11.0. The van der Waals surface area contributed by atoms with Gasteiger partial charge in [-0.25, -0.2) is 0 Å². The van der Waals surface area contributed by atoms with E-state index < -0.39 is 0 Å². The molecule has 0 spiro atoms. The molecule has 2 N–H and O–H groups in total. The molecule has 7 heteroatoms. The number of ether oxygens (including phenoxy) is 1. The van der Waals surface area contributed by atoms with Crippen molar-refractivity contribution < 1.29 is 9.53 Å². The van der Waals surface area contributed by atoms with Gasteiger partial charge in [-0.1, -0.05) is 11.3 Å². The van der Waals surface area contributed by atoms with E-state index >= 15 is 0 Å². The molecule has 0 bridgehead atoms. The molecule has 17 heavy (non-hydrogen) atoms. The van der Waals surface area contributed by atoms with Gasteiger partial charge in [-0.15, -0.1) is 0 Å². The summed E-state index contributed by atoms with van der Waals surface area (Å²) >= 11 is 1.55. The first kappa shape index (κ1) is 13.7. The lowest BCUT2D eigenvalue weighted by atomic mass is 10.5. The molecule has 0 saturated carbocycles. The standard InChI is InChI=1S/C10H18N4O2S/c1-11-8(15)6-12-5-7-9(16-4)13-10(17-7)14(2)3/h12H,5-6H2,1-4H3,(H,11,15). The van der Waals surface area contributed by atoms with Gasteiger partial charge >= 0.3 is 0 Å². The van der Waals surface area contributed by atoms with Gasteiger partial charge in [-0.2, -0.15) is 4.98 Å². The third-order valence-electron chi connectivity index (χ3n) is 2.08. The molecular formula is C10H18N4O2S. The molecule has 0 aromatic carbocycles. The van der Waals surface area contributed by atoms with Gasteiger partial charge in [-0.3, -0.25) is 4.79 Å². The molecule has 0 radical (unpaired) electrons. The molecule has 6 nitrogen and oxygen atoms in total. The molecule has 1 aromatic rings. The van der Waals surface area contributed by atoms with Crippen molar-refractivity contribution >= 4 is 22.4 Å². The number of carbonyl (C=O) groups excluding carboxylic acids is 1. The minimum Gasteiger partial charge on any atom is -0.480 e. The first-order valence-corrected chi connectivity index (χ1v) is 6.02. The average Bonchev–Trinajstić information content (AvgIpc) is 2.72. The lowest BCUT2D eigenvalue weighted by molar-refractivity contribution is -0.119. The highest BCUT2D eigenvalue weighted by Crippen LogP contribution is 2.29. The van der Waals surface area contributed by atoms with Crippen LogP contribution in [0.15, 0.2) is 0 Å². The van der Waals surface area contributed by atoms with Gasteiger partial charge in [0, 0.05) is 27.7 Å². The van der Waals surface area contributed by atoms with E-state index in [0.717, 1.165) is 10.0 Å². The Hall–Kier alpha value is -1.34. The zero-order chi connectivity index (χ0) is 12.8. The fourth-order valence-corrected chi connectivity index (χ4v) is 2.09. The van der Waals surface area contributed by atoms with Crippen molar-refractivity contribution in [3.05, 3.63) is 4.88 Å². The molecule has 0 atom stereocenters. The highest BCUT2D eigenvalue weighted by atomic mass is 32.1. The van der Waals surface area contributed by atoms with Crippen LogP contribution in [0.5, 0.6) is 5.88 Å². The number of aromatic nitrogens is 1. The molecule has 1 aromatic heterocycles. The fourth-order valence-electron chi connectivity index (χ4n) is 1.17. The van der Waals surface area contributed by atoms with E-state index in [1.807, 2.05) is 19.0 Å². The molecule has 0 unspecified atom stereocenters. The Balaban J connectivity index is 2.60. The number of nitrogens with zero attached hydrogens (tertiary/aromatic N) is 2. The van der Waals surface area contributed by atoms with Crippen molar-refractivity contribution in [2.45, 2.75) is 6.54 Å². The third-order valence-corrected chi connectivity index (χ3v) is 3.28. The summed E-state index contributed by atoms with van der Waals surface area (Å²) in [5.74, 6) is 0.574. The predicted octanol–water partition coefficient (Wildman–Crippen LogP) is 0.0533. The Morgan fingerprint density at radius 2 is 2.24 bits per heavy atom. The van der Waals surface area contributed by atoms with Gasteiger partial charge in [0.05, 0.1) is 18.5 Å². The van der Waals surface area contributed by atoms with Gasteiger partial charge in [0.15, 0.2) is 5.13 Å². The molecule has 0 aliphatic rings. The van der Waals surface area contributed by atoms with Gasteiger partial charge < -0.3 is 20.3 Å². The van der Waals surface area contributed by atoms with Crippen LogP contribution in [0.25, 0.3) is 0 Å². The van der Waals surface area contributed by atoms with Crippen molar-refractivity contribution in [1.82, 2.24) is 15.6 Å². The number of amides is 1. The van der Waals surface area contributed by atoms with Crippen LogP contribution >= 0.6 is 11.3 Å². The number of carbonyl (C=O) groups is 1. The topological polar surface area (TPSA) is 66.5 Å². The summed E-state index contributed by atoms with van der Waals surface area (Å²) < 4.78 is 5.19. The van der Waals surface area contributed by atoms with E-state index in [4.69, 9.17) is 4.74 Å². The summed E-state index contributed by atoms with van der Waals surface area (Å²) in [4.78, 5) is 18.3. The van der Waals surface area contributed by atoms with Gasteiger partial charge in [0.25, 0.3) is 0 Å². The van der Waals surface area contributed by atoms with E-state index in [9.17, 15) is 4.79 Å². The van der Waals surface area contributed by atoms with Crippen molar-refractivity contribution in [3.63, 3.8) is 0 Å². The van der Waals surface area contributed by atoms with Crippen LogP contribution in [0, 0.1) is 0 Å². The van der Waals surface area contributed by atoms with Crippen LogP contribution in [-0.4, -0.2) is 45.7 Å². The maximum Gasteiger partial charge on any atom is 0.233 e. The monoisotopic (exact) mass is 258 g/mol. The van der Waals surface area contributed by atoms with Crippen LogP contribution in [0.2, 0.25) is 0 Å². The second-order valence-electron chi connectivity index (χ2n) is 3.60. The Bertz CT molecular complexity index is 378. The molecule has 1 heterocycles. The Morgan fingerprint density at radius 1 is 1.53 bits per heavy atom. The fraction of sp³-hybridized carbons (Fsp3) is 0.600. The normalized spacial score (nSPS) is 10.1. The third kappa shape index (κ3) is 3.86. The minimum atomic E-state index is -0.0404. The molecule has 1 rings (SSSR count). The van der Waals surface area contributed by atoms with E-state index in [2.05, 4.69) is 15.6 Å². The van der Waals surface area contributed by atoms with E-state index in [0.29, 0.717) is 12.4 Å². The minimum absolute atomic E-state index is 0.0404. The second kappa shape index (κ2) is 6.41. The van der Waals surface area contributed by atoms with E-state index in [1.54, 1.807) is 25.5 Å². The molecule has 0 fully saturated rings. The summed E-state index contributed by atoms with van der Waals surface area (Å²) in [6.07, 6.45) is 0. The van der Waals surface area contributed by atoms with Crippen molar-refractivity contribution in [2.75, 3.05) is 39.7 Å². The molecule has 0 aliphatic heterocycles. The van der Waals surface area contributed by atoms with Gasteiger partial charge in [0.2, 0.25) is 11.8 Å². The lowest BCUT2D eigenvalue weighted by Gasteiger charge is -2.05. The van der Waals surface area contributed by atoms with Crippen molar-refractivity contribution in [1.29, 1.82) is 0 Å². The Kier molecular flexibility index (Phi) is 5.17. The predicted molar refractivity (Wildman–Crippen MR) is 68.8 cm³/mol. The van der Waals surface area contributed by atoms with Gasteiger partial charge in [0.1, 0.15) is 0 Å². The number of nitrogens with one attached hydrogen (secondary N) is 2. The maximum absolute atomic E-state index is 11.0. The van der Waals surface area contributed by atoms with Crippen LogP contribution in [0.1, 0.15) is 4.88 Å². The highest BCUT2D eigenvalue weighted by molar-refractivity contribution is 7.15. The van der Waals surface area contributed by atoms with Crippen LogP contribution in [0.4, 0.5) is 5.13 Å². The number of thiazole rings is 1. The molecule has 96 valence electrons. The molecule has 0 aliphatic carbocycles. The van der Waals surface area contributed by atoms with Gasteiger partial charge in [-0.05, 0) is 0 Å². The lowest BCUT2D eigenvalue weighted by Crippen LogP contribution is -2.30.